The Morgan fingerprint density at radius 1 is 1.24 bits per heavy atom. The fourth-order valence-electron chi connectivity index (χ4n) is 1.63. The van der Waals surface area contributed by atoms with E-state index in [1.54, 1.807) is 0 Å². The van der Waals surface area contributed by atoms with E-state index in [9.17, 15) is 24.5 Å². The first-order valence-corrected chi connectivity index (χ1v) is 5.77. The Labute approximate surface area is 118 Å². The first-order chi connectivity index (χ1) is 9.81. The predicted octanol–water partition coefficient (Wildman–Crippen LogP) is 0.181. The summed E-state index contributed by atoms with van der Waals surface area (Å²) >= 11 is 0. The van der Waals surface area contributed by atoms with Gasteiger partial charge in [-0.05, 0) is 0 Å². The Kier molecular flexibility index (Phi) is 5.35. The third-order valence-electron chi connectivity index (χ3n) is 2.55. The van der Waals surface area contributed by atoms with Crippen molar-refractivity contribution in [2.24, 2.45) is 0 Å². The van der Waals surface area contributed by atoms with Crippen LogP contribution in [0.2, 0.25) is 0 Å². The molecule has 9 nitrogen and oxygen atoms in total. The van der Waals surface area contributed by atoms with Crippen LogP contribution in [0.3, 0.4) is 0 Å². The minimum atomic E-state index is -1.59. The number of nitro benzene ring substituents is 1. The minimum absolute atomic E-state index is 0.111. The van der Waals surface area contributed by atoms with E-state index in [2.05, 4.69) is 0 Å². The lowest BCUT2D eigenvalue weighted by atomic mass is 10.1. The van der Waals surface area contributed by atoms with Crippen LogP contribution in [0.15, 0.2) is 24.3 Å². The molecule has 0 bridgehead atoms. The van der Waals surface area contributed by atoms with Crippen LogP contribution >= 0.6 is 0 Å². The third-order valence-corrected chi connectivity index (χ3v) is 2.55. The van der Waals surface area contributed by atoms with E-state index in [4.69, 9.17) is 10.2 Å². The molecule has 0 heterocycles. The second-order valence-electron chi connectivity index (χ2n) is 4.12. The van der Waals surface area contributed by atoms with Gasteiger partial charge in [-0.2, -0.15) is 0 Å². The summed E-state index contributed by atoms with van der Waals surface area (Å²) < 4.78 is 0. The molecule has 0 spiro atoms. The highest BCUT2D eigenvalue weighted by Gasteiger charge is 2.24. The van der Waals surface area contributed by atoms with E-state index < -0.39 is 41.7 Å². The van der Waals surface area contributed by atoms with Gasteiger partial charge in [0.2, 0.25) is 5.91 Å². The molecule has 0 aliphatic heterocycles. The van der Waals surface area contributed by atoms with Crippen molar-refractivity contribution in [3.05, 3.63) is 39.9 Å². The summed E-state index contributed by atoms with van der Waals surface area (Å²) in [6.07, 6.45) is -1.20. The summed E-state index contributed by atoms with van der Waals surface area (Å²) in [6, 6.07) is 3.93. The molecule has 0 saturated carbocycles. The highest BCUT2D eigenvalue weighted by atomic mass is 16.6. The second kappa shape index (κ2) is 6.98. The van der Waals surface area contributed by atoms with Crippen LogP contribution in [0.5, 0.6) is 0 Å². The standard InChI is InChI=1S/C12H12N2O7/c15-10(13-8(12(18)19)6-11(16)17)5-7-3-1-2-4-9(7)14(20)21/h1-4,8H,5-6H2,(H,13,15)(H,16,17)(H,18,19)/t8-/m0/s1. The third kappa shape index (κ3) is 4.90. The molecule has 1 rings (SSSR count). The maximum atomic E-state index is 11.7. The van der Waals surface area contributed by atoms with Crippen molar-refractivity contribution in [3.63, 3.8) is 0 Å². The number of hydrogen-bond donors (Lipinski definition) is 3. The van der Waals surface area contributed by atoms with Gasteiger partial charge in [0.1, 0.15) is 6.04 Å². The summed E-state index contributed by atoms with van der Waals surface area (Å²) in [5, 5.41) is 30.1. The monoisotopic (exact) mass is 296 g/mol. The molecule has 1 atom stereocenters. The van der Waals surface area contributed by atoms with Crippen LogP contribution in [0.1, 0.15) is 12.0 Å². The molecule has 0 radical (unpaired) electrons. The molecule has 9 heteroatoms. The van der Waals surface area contributed by atoms with Crippen LogP contribution in [0.4, 0.5) is 5.69 Å². The van der Waals surface area contributed by atoms with E-state index in [1.165, 1.54) is 24.3 Å². The summed E-state index contributed by atoms with van der Waals surface area (Å²) in [5.41, 5.74) is -0.155. The zero-order valence-corrected chi connectivity index (χ0v) is 10.7. The van der Waals surface area contributed by atoms with E-state index >= 15 is 0 Å². The molecule has 21 heavy (non-hydrogen) atoms. The maximum absolute atomic E-state index is 11.7. The number of carbonyl (C=O) groups excluding carboxylic acids is 1. The van der Waals surface area contributed by atoms with Gasteiger partial charge in [-0.15, -0.1) is 0 Å². The van der Waals surface area contributed by atoms with Crippen molar-refractivity contribution in [2.45, 2.75) is 18.9 Å². The van der Waals surface area contributed by atoms with Gasteiger partial charge in [0.05, 0.1) is 17.8 Å². The van der Waals surface area contributed by atoms with Crippen molar-refractivity contribution in [3.8, 4) is 0 Å². The summed E-state index contributed by atoms with van der Waals surface area (Å²) in [5.74, 6) is -3.68. The molecule has 1 aromatic carbocycles. The van der Waals surface area contributed by atoms with Crippen LogP contribution in [-0.4, -0.2) is 39.0 Å². The Bertz CT molecular complexity index is 585. The van der Waals surface area contributed by atoms with Crippen molar-refractivity contribution in [1.82, 2.24) is 5.32 Å². The Morgan fingerprint density at radius 3 is 2.38 bits per heavy atom. The van der Waals surface area contributed by atoms with Crippen LogP contribution < -0.4 is 5.32 Å². The van der Waals surface area contributed by atoms with E-state index in [0.29, 0.717) is 0 Å². The normalized spacial score (nSPS) is 11.4. The molecule has 112 valence electrons. The number of carboxylic acid groups (broad SMARTS) is 2. The predicted molar refractivity (Wildman–Crippen MR) is 68.6 cm³/mol. The number of carbonyl (C=O) groups is 3. The number of carboxylic acids is 2. The second-order valence-corrected chi connectivity index (χ2v) is 4.12. The van der Waals surface area contributed by atoms with E-state index in [1.807, 2.05) is 5.32 Å². The average Bonchev–Trinajstić information content (AvgIpc) is 2.37. The molecule has 0 aliphatic rings. The van der Waals surface area contributed by atoms with Gasteiger partial charge >= 0.3 is 11.9 Å². The van der Waals surface area contributed by atoms with Gasteiger partial charge in [-0.3, -0.25) is 19.7 Å². The molecule has 0 fully saturated rings. The quantitative estimate of drug-likeness (QED) is 0.480. The van der Waals surface area contributed by atoms with Crippen LogP contribution in [0, 0.1) is 10.1 Å². The number of rotatable bonds is 7. The summed E-state index contributed by atoms with van der Waals surface area (Å²) in [4.78, 5) is 43.1. The molecule has 0 saturated heterocycles. The lowest BCUT2D eigenvalue weighted by Gasteiger charge is -2.12. The van der Waals surface area contributed by atoms with Gasteiger partial charge in [0.15, 0.2) is 0 Å². The Morgan fingerprint density at radius 2 is 1.86 bits per heavy atom. The summed E-state index contributed by atoms with van der Waals surface area (Å²) in [6.45, 7) is 0. The zero-order valence-electron chi connectivity index (χ0n) is 10.7. The molecule has 3 N–H and O–H groups in total. The van der Waals surface area contributed by atoms with Crippen molar-refractivity contribution < 1.29 is 29.5 Å². The molecule has 1 amide bonds. The average molecular weight is 296 g/mol. The van der Waals surface area contributed by atoms with E-state index in [-0.39, 0.29) is 11.3 Å². The fraction of sp³-hybridized carbons (Fsp3) is 0.250. The minimum Gasteiger partial charge on any atom is -0.481 e. The highest BCUT2D eigenvalue weighted by molar-refractivity contribution is 5.88. The number of hydrogen-bond acceptors (Lipinski definition) is 5. The van der Waals surface area contributed by atoms with Gasteiger partial charge in [-0.25, -0.2) is 4.79 Å². The van der Waals surface area contributed by atoms with Gasteiger partial charge in [0, 0.05) is 11.6 Å². The molecule has 0 aliphatic carbocycles. The van der Waals surface area contributed by atoms with Crippen molar-refractivity contribution in [2.75, 3.05) is 0 Å². The van der Waals surface area contributed by atoms with E-state index in [0.717, 1.165) is 0 Å². The van der Waals surface area contributed by atoms with Crippen molar-refractivity contribution >= 4 is 23.5 Å². The number of nitro groups is 1. The molecule has 0 aromatic heterocycles. The SMILES string of the molecule is O=C(O)C[C@H](NC(=O)Cc1ccccc1[N+](=O)[O-])C(=O)O. The number of para-hydroxylation sites is 1. The highest BCUT2D eigenvalue weighted by Crippen LogP contribution is 2.18. The lowest BCUT2D eigenvalue weighted by Crippen LogP contribution is -2.42. The number of benzene rings is 1. The Balaban J connectivity index is 2.79. The molecule has 1 aromatic rings. The lowest BCUT2D eigenvalue weighted by molar-refractivity contribution is -0.385. The van der Waals surface area contributed by atoms with Crippen molar-refractivity contribution in [1.29, 1.82) is 0 Å². The smallest absolute Gasteiger partial charge is 0.326 e. The zero-order chi connectivity index (χ0) is 16.0. The number of nitrogens with zero attached hydrogens (tertiary/aromatic N) is 1. The van der Waals surface area contributed by atoms with Gasteiger partial charge in [0.25, 0.3) is 5.69 Å². The Hall–Kier alpha value is -2.97. The fourth-order valence-corrected chi connectivity index (χ4v) is 1.63. The first-order valence-electron chi connectivity index (χ1n) is 5.77. The molecular formula is C12H12N2O7. The molecule has 0 unspecified atom stereocenters. The van der Waals surface area contributed by atoms with Crippen LogP contribution in [0.25, 0.3) is 0 Å². The largest absolute Gasteiger partial charge is 0.481 e. The summed E-state index contributed by atoms with van der Waals surface area (Å²) in [7, 11) is 0. The van der Waals surface area contributed by atoms with Gasteiger partial charge in [-0.1, -0.05) is 18.2 Å². The molecular weight excluding hydrogens is 284 g/mol. The van der Waals surface area contributed by atoms with Gasteiger partial charge < -0.3 is 15.5 Å². The number of aliphatic carboxylic acids is 2. The first kappa shape index (κ1) is 16.1. The van der Waals surface area contributed by atoms with Crippen LogP contribution in [-0.2, 0) is 20.8 Å². The number of amides is 1. The number of nitrogens with one attached hydrogen (secondary N) is 1. The maximum Gasteiger partial charge on any atom is 0.326 e. The topological polar surface area (TPSA) is 147 Å².